The highest BCUT2D eigenvalue weighted by atomic mass is 32.2. The molecule has 1 fully saturated rings. The standard InChI is InChI=1S/C23H28N6S/c1-3-8-18(9-4-1)17-30-22-15-24-14-21(25-22)28-12-7-10-19(16-28)23-27-26-20-11-5-2-6-13-29(20)23/h1,3-4,8-9,14-15,19H,2,5-7,10-13,16-17H2. The van der Waals surface area contributed by atoms with Crippen LogP contribution in [0.4, 0.5) is 5.82 Å². The lowest BCUT2D eigenvalue weighted by Gasteiger charge is -2.33. The van der Waals surface area contributed by atoms with E-state index in [9.17, 15) is 0 Å². The number of hydrogen-bond acceptors (Lipinski definition) is 6. The van der Waals surface area contributed by atoms with Crippen LogP contribution in [0.2, 0.25) is 0 Å². The van der Waals surface area contributed by atoms with Gasteiger partial charge in [0.1, 0.15) is 22.5 Å². The van der Waals surface area contributed by atoms with E-state index in [0.717, 1.165) is 49.1 Å². The molecule has 30 heavy (non-hydrogen) atoms. The van der Waals surface area contributed by atoms with E-state index in [1.807, 2.05) is 12.4 Å². The highest BCUT2D eigenvalue weighted by molar-refractivity contribution is 7.98. The van der Waals surface area contributed by atoms with Gasteiger partial charge in [-0.05, 0) is 31.2 Å². The molecule has 0 amide bonds. The molecule has 156 valence electrons. The number of thioether (sulfide) groups is 1. The second-order valence-corrected chi connectivity index (χ2v) is 9.21. The summed E-state index contributed by atoms with van der Waals surface area (Å²) < 4.78 is 2.40. The summed E-state index contributed by atoms with van der Waals surface area (Å²) in [4.78, 5) is 11.8. The zero-order valence-electron chi connectivity index (χ0n) is 17.3. The molecular formula is C23H28N6S. The highest BCUT2D eigenvalue weighted by Crippen LogP contribution is 2.30. The van der Waals surface area contributed by atoms with E-state index in [4.69, 9.17) is 4.98 Å². The summed E-state index contributed by atoms with van der Waals surface area (Å²) >= 11 is 1.74. The number of anilines is 1. The van der Waals surface area contributed by atoms with Crippen LogP contribution in [0.25, 0.3) is 0 Å². The van der Waals surface area contributed by atoms with Gasteiger partial charge in [0.25, 0.3) is 0 Å². The van der Waals surface area contributed by atoms with E-state index in [2.05, 4.69) is 55.0 Å². The average Bonchev–Trinajstić information content (AvgIpc) is 3.07. The van der Waals surface area contributed by atoms with Crippen LogP contribution in [0.15, 0.2) is 47.8 Å². The Hall–Kier alpha value is -2.41. The van der Waals surface area contributed by atoms with Gasteiger partial charge in [-0.25, -0.2) is 4.98 Å². The van der Waals surface area contributed by atoms with Crippen molar-refractivity contribution in [1.82, 2.24) is 24.7 Å². The van der Waals surface area contributed by atoms with Crippen molar-refractivity contribution in [3.63, 3.8) is 0 Å². The van der Waals surface area contributed by atoms with Gasteiger partial charge in [0.05, 0.1) is 12.4 Å². The number of aryl methyl sites for hydroxylation is 1. The number of nitrogens with zero attached hydrogens (tertiary/aromatic N) is 6. The summed E-state index contributed by atoms with van der Waals surface area (Å²) in [5.41, 5.74) is 1.31. The van der Waals surface area contributed by atoms with Crippen molar-refractivity contribution >= 4 is 17.6 Å². The van der Waals surface area contributed by atoms with Gasteiger partial charge in [0, 0.05) is 37.7 Å². The van der Waals surface area contributed by atoms with Crippen LogP contribution in [0.5, 0.6) is 0 Å². The fourth-order valence-electron chi connectivity index (χ4n) is 4.50. The monoisotopic (exact) mass is 420 g/mol. The Morgan fingerprint density at radius 1 is 0.967 bits per heavy atom. The molecule has 0 bridgehead atoms. The summed E-state index contributed by atoms with van der Waals surface area (Å²) in [6, 6.07) is 10.5. The molecule has 0 N–H and O–H groups in total. The molecule has 3 aromatic rings. The van der Waals surface area contributed by atoms with E-state index in [1.165, 1.54) is 42.9 Å². The summed E-state index contributed by atoms with van der Waals surface area (Å²) in [7, 11) is 0. The Labute approximate surface area is 182 Å². The van der Waals surface area contributed by atoms with Crippen LogP contribution in [0.1, 0.15) is 55.2 Å². The Kier molecular flexibility index (Phi) is 5.97. The topological polar surface area (TPSA) is 59.7 Å². The Morgan fingerprint density at radius 3 is 2.83 bits per heavy atom. The Balaban J connectivity index is 1.29. The van der Waals surface area contributed by atoms with E-state index in [-0.39, 0.29) is 0 Å². The molecular weight excluding hydrogens is 392 g/mol. The molecule has 0 aliphatic carbocycles. The van der Waals surface area contributed by atoms with Gasteiger partial charge >= 0.3 is 0 Å². The third kappa shape index (κ3) is 4.36. The molecule has 0 radical (unpaired) electrons. The number of aromatic nitrogens is 5. The Morgan fingerprint density at radius 2 is 1.90 bits per heavy atom. The van der Waals surface area contributed by atoms with E-state index in [1.54, 1.807) is 11.8 Å². The Bertz CT molecular complexity index is 973. The quantitative estimate of drug-likeness (QED) is 0.568. The van der Waals surface area contributed by atoms with Crippen LogP contribution < -0.4 is 4.90 Å². The van der Waals surface area contributed by atoms with Crippen LogP contribution in [0.3, 0.4) is 0 Å². The van der Waals surface area contributed by atoms with Gasteiger partial charge in [-0.1, -0.05) is 36.8 Å². The van der Waals surface area contributed by atoms with Crippen LogP contribution in [0, 0.1) is 0 Å². The third-order valence-electron chi connectivity index (χ3n) is 6.08. The molecule has 7 heteroatoms. The van der Waals surface area contributed by atoms with Crippen LogP contribution in [-0.2, 0) is 18.7 Å². The molecule has 0 spiro atoms. The first kappa shape index (κ1) is 19.5. The van der Waals surface area contributed by atoms with Crippen LogP contribution in [-0.4, -0.2) is 37.8 Å². The lowest BCUT2D eigenvalue weighted by molar-refractivity contribution is 0.463. The van der Waals surface area contributed by atoms with Gasteiger partial charge in [-0.3, -0.25) is 4.98 Å². The van der Waals surface area contributed by atoms with Gasteiger partial charge in [0.2, 0.25) is 0 Å². The van der Waals surface area contributed by atoms with Crippen LogP contribution >= 0.6 is 11.8 Å². The fourth-order valence-corrected chi connectivity index (χ4v) is 5.30. The molecule has 4 heterocycles. The minimum atomic E-state index is 0.417. The van der Waals surface area contributed by atoms with E-state index >= 15 is 0 Å². The minimum absolute atomic E-state index is 0.417. The largest absolute Gasteiger partial charge is 0.355 e. The molecule has 2 aromatic heterocycles. The van der Waals surface area contributed by atoms with Crippen molar-refractivity contribution < 1.29 is 0 Å². The highest BCUT2D eigenvalue weighted by Gasteiger charge is 2.28. The number of fused-ring (bicyclic) bond motifs is 1. The maximum Gasteiger partial charge on any atom is 0.148 e. The van der Waals surface area contributed by atoms with E-state index < -0.39 is 0 Å². The number of rotatable bonds is 5. The van der Waals surface area contributed by atoms with Crippen molar-refractivity contribution in [2.45, 2.75) is 61.8 Å². The molecule has 1 unspecified atom stereocenters. The first-order valence-electron chi connectivity index (χ1n) is 11.0. The molecule has 0 saturated carbocycles. The summed E-state index contributed by atoms with van der Waals surface area (Å²) in [6.07, 6.45) is 10.9. The zero-order valence-corrected chi connectivity index (χ0v) is 18.1. The second kappa shape index (κ2) is 9.16. The summed E-state index contributed by atoms with van der Waals surface area (Å²) in [5, 5.41) is 10.1. The average molecular weight is 421 g/mol. The first-order valence-corrected chi connectivity index (χ1v) is 12.0. The van der Waals surface area contributed by atoms with Crippen molar-refractivity contribution in [3.8, 4) is 0 Å². The summed E-state index contributed by atoms with van der Waals surface area (Å²) in [5.74, 6) is 4.67. The normalized spacial score (nSPS) is 19.3. The number of hydrogen-bond donors (Lipinski definition) is 0. The van der Waals surface area contributed by atoms with Gasteiger partial charge in [0.15, 0.2) is 0 Å². The molecule has 6 nitrogen and oxygen atoms in total. The van der Waals surface area contributed by atoms with Gasteiger partial charge in [-0.2, -0.15) is 0 Å². The molecule has 1 aromatic carbocycles. The van der Waals surface area contributed by atoms with Gasteiger partial charge < -0.3 is 9.47 Å². The number of piperidine rings is 1. The maximum atomic E-state index is 4.91. The molecule has 5 rings (SSSR count). The molecule has 1 saturated heterocycles. The minimum Gasteiger partial charge on any atom is -0.355 e. The first-order chi connectivity index (χ1) is 14.9. The van der Waals surface area contributed by atoms with Gasteiger partial charge in [-0.15, -0.1) is 22.0 Å². The number of benzene rings is 1. The van der Waals surface area contributed by atoms with Crippen molar-refractivity contribution in [1.29, 1.82) is 0 Å². The lowest BCUT2D eigenvalue weighted by Crippen LogP contribution is -2.36. The predicted octanol–water partition coefficient (Wildman–Crippen LogP) is 4.47. The summed E-state index contributed by atoms with van der Waals surface area (Å²) in [6.45, 7) is 3.04. The molecule has 1 atom stereocenters. The molecule has 2 aliphatic rings. The third-order valence-corrected chi connectivity index (χ3v) is 7.05. The maximum absolute atomic E-state index is 4.91. The van der Waals surface area contributed by atoms with E-state index in [0.29, 0.717) is 5.92 Å². The van der Waals surface area contributed by atoms with Crippen molar-refractivity contribution in [3.05, 3.63) is 59.9 Å². The zero-order chi connectivity index (χ0) is 20.2. The molecule has 2 aliphatic heterocycles. The van der Waals surface area contributed by atoms with Crippen molar-refractivity contribution in [2.75, 3.05) is 18.0 Å². The fraction of sp³-hybridized carbons (Fsp3) is 0.478. The predicted molar refractivity (Wildman–Crippen MR) is 120 cm³/mol. The van der Waals surface area contributed by atoms with Crippen molar-refractivity contribution in [2.24, 2.45) is 0 Å². The lowest BCUT2D eigenvalue weighted by atomic mass is 9.97. The second-order valence-electron chi connectivity index (χ2n) is 8.21. The smallest absolute Gasteiger partial charge is 0.148 e. The SMILES string of the molecule is c1ccc(CSc2cncc(N3CCCC(c4nnc5n4CCCCC5)C3)n2)cc1.